The SMILES string of the molecule is O=C1c2ccccc2CC1(O)O. The third kappa shape index (κ3) is 0.873. The summed E-state index contributed by atoms with van der Waals surface area (Å²) in [6.45, 7) is 0. The third-order valence-corrected chi connectivity index (χ3v) is 2.06. The molecule has 0 atom stereocenters. The van der Waals surface area contributed by atoms with Crippen LogP contribution >= 0.6 is 0 Å². The molecular formula is C9H8O3. The molecule has 1 aliphatic rings. The first-order chi connectivity index (χ1) is 5.61. The highest BCUT2D eigenvalue weighted by Gasteiger charge is 2.41. The zero-order chi connectivity index (χ0) is 8.77. The van der Waals surface area contributed by atoms with Gasteiger partial charge in [0, 0.05) is 12.0 Å². The summed E-state index contributed by atoms with van der Waals surface area (Å²) >= 11 is 0. The van der Waals surface area contributed by atoms with Gasteiger partial charge in [-0.15, -0.1) is 0 Å². The van der Waals surface area contributed by atoms with E-state index < -0.39 is 11.6 Å². The fourth-order valence-corrected chi connectivity index (χ4v) is 1.46. The summed E-state index contributed by atoms with van der Waals surface area (Å²) < 4.78 is 0. The van der Waals surface area contributed by atoms with E-state index in [0.717, 1.165) is 0 Å². The van der Waals surface area contributed by atoms with E-state index in [9.17, 15) is 15.0 Å². The highest BCUT2D eigenvalue weighted by atomic mass is 16.5. The Morgan fingerprint density at radius 3 is 2.58 bits per heavy atom. The average molecular weight is 164 g/mol. The number of carbonyl (C=O) groups is 1. The Bertz CT molecular complexity index is 341. The van der Waals surface area contributed by atoms with Gasteiger partial charge >= 0.3 is 0 Å². The minimum absolute atomic E-state index is 0.00199. The van der Waals surface area contributed by atoms with Crippen LogP contribution in [-0.2, 0) is 6.42 Å². The van der Waals surface area contributed by atoms with Crippen LogP contribution < -0.4 is 0 Å². The van der Waals surface area contributed by atoms with Gasteiger partial charge in [-0.1, -0.05) is 24.3 Å². The molecule has 0 aliphatic heterocycles. The Morgan fingerprint density at radius 1 is 1.25 bits per heavy atom. The van der Waals surface area contributed by atoms with Crippen LogP contribution in [0.5, 0.6) is 0 Å². The molecule has 0 fully saturated rings. The number of benzene rings is 1. The predicted octanol–water partition coefficient (Wildman–Crippen LogP) is 0.106. The molecule has 0 bridgehead atoms. The van der Waals surface area contributed by atoms with Crippen LogP contribution in [0.4, 0.5) is 0 Å². The maximum atomic E-state index is 11.2. The van der Waals surface area contributed by atoms with Crippen molar-refractivity contribution in [3.05, 3.63) is 35.4 Å². The van der Waals surface area contributed by atoms with E-state index in [1.807, 2.05) is 0 Å². The van der Waals surface area contributed by atoms with Gasteiger partial charge in [0.1, 0.15) is 0 Å². The van der Waals surface area contributed by atoms with Gasteiger partial charge in [-0.2, -0.15) is 0 Å². The summed E-state index contributed by atoms with van der Waals surface area (Å²) in [5, 5.41) is 18.4. The molecule has 0 radical (unpaired) electrons. The van der Waals surface area contributed by atoms with E-state index in [1.165, 1.54) is 0 Å². The first-order valence-corrected chi connectivity index (χ1v) is 3.69. The van der Waals surface area contributed by atoms with Crippen molar-refractivity contribution in [1.82, 2.24) is 0 Å². The molecule has 0 amide bonds. The summed E-state index contributed by atoms with van der Waals surface area (Å²) in [6.07, 6.45) is 0.00199. The third-order valence-electron chi connectivity index (χ3n) is 2.06. The lowest BCUT2D eigenvalue weighted by atomic mass is 10.1. The normalized spacial score (nSPS) is 19.3. The second-order valence-electron chi connectivity index (χ2n) is 2.98. The minimum atomic E-state index is -2.18. The molecule has 1 aromatic rings. The number of hydrogen-bond donors (Lipinski definition) is 2. The van der Waals surface area contributed by atoms with Crippen molar-refractivity contribution in [2.45, 2.75) is 12.2 Å². The lowest BCUT2D eigenvalue weighted by Crippen LogP contribution is -2.34. The van der Waals surface area contributed by atoms with Crippen LogP contribution in [0.15, 0.2) is 24.3 Å². The van der Waals surface area contributed by atoms with Crippen molar-refractivity contribution in [2.24, 2.45) is 0 Å². The monoisotopic (exact) mass is 164 g/mol. The average Bonchev–Trinajstić information content (AvgIpc) is 2.24. The van der Waals surface area contributed by atoms with Gasteiger partial charge < -0.3 is 10.2 Å². The number of ketones is 1. The summed E-state index contributed by atoms with van der Waals surface area (Å²) in [7, 11) is 0. The number of carbonyl (C=O) groups excluding carboxylic acids is 1. The molecule has 3 heteroatoms. The Kier molecular flexibility index (Phi) is 1.34. The Labute approximate surface area is 69.3 Å². The van der Waals surface area contributed by atoms with E-state index in [-0.39, 0.29) is 6.42 Å². The molecule has 62 valence electrons. The first kappa shape index (κ1) is 7.46. The smallest absolute Gasteiger partial charge is 0.232 e. The van der Waals surface area contributed by atoms with Gasteiger partial charge in [-0.3, -0.25) is 4.79 Å². The van der Waals surface area contributed by atoms with Gasteiger partial charge in [0.25, 0.3) is 0 Å². The van der Waals surface area contributed by atoms with Crippen molar-refractivity contribution < 1.29 is 15.0 Å². The van der Waals surface area contributed by atoms with E-state index in [0.29, 0.717) is 11.1 Å². The molecule has 0 saturated carbocycles. The number of rotatable bonds is 0. The lowest BCUT2D eigenvalue weighted by Gasteiger charge is -2.10. The Morgan fingerprint density at radius 2 is 1.92 bits per heavy atom. The van der Waals surface area contributed by atoms with E-state index in [2.05, 4.69) is 0 Å². The fraction of sp³-hybridized carbons (Fsp3) is 0.222. The standard InChI is InChI=1S/C9H8O3/c10-8-7-4-2-1-3-6(7)5-9(8,11)12/h1-4,11-12H,5H2. The van der Waals surface area contributed by atoms with E-state index >= 15 is 0 Å². The predicted molar refractivity (Wildman–Crippen MR) is 41.6 cm³/mol. The number of aliphatic hydroxyl groups is 2. The van der Waals surface area contributed by atoms with Crippen molar-refractivity contribution in [3.8, 4) is 0 Å². The fourth-order valence-electron chi connectivity index (χ4n) is 1.46. The van der Waals surface area contributed by atoms with Crippen LogP contribution in [0.25, 0.3) is 0 Å². The highest BCUT2D eigenvalue weighted by molar-refractivity contribution is 6.05. The van der Waals surface area contributed by atoms with Crippen molar-refractivity contribution in [3.63, 3.8) is 0 Å². The van der Waals surface area contributed by atoms with Crippen LogP contribution in [0.1, 0.15) is 15.9 Å². The number of fused-ring (bicyclic) bond motifs is 1. The topological polar surface area (TPSA) is 57.5 Å². The molecule has 2 N–H and O–H groups in total. The van der Waals surface area contributed by atoms with Crippen LogP contribution in [-0.4, -0.2) is 21.8 Å². The summed E-state index contributed by atoms with van der Waals surface area (Å²) in [6, 6.07) is 6.80. The Hall–Kier alpha value is -1.19. The lowest BCUT2D eigenvalue weighted by molar-refractivity contribution is -0.115. The molecule has 0 saturated heterocycles. The molecular weight excluding hydrogens is 156 g/mol. The molecule has 0 spiro atoms. The molecule has 2 rings (SSSR count). The van der Waals surface area contributed by atoms with Gasteiger partial charge in [-0.25, -0.2) is 0 Å². The van der Waals surface area contributed by atoms with Crippen LogP contribution in [0.3, 0.4) is 0 Å². The second kappa shape index (κ2) is 2.15. The van der Waals surface area contributed by atoms with Crippen LogP contribution in [0.2, 0.25) is 0 Å². The molecule has 0 aromatic heterocycles. The number of hydrogen-bond acceptors (Lipinski definition) is 3. The molecule has 12 heavy (non-hydrogen) atoms. The summed E-state index contributed by atoms with van der Waals surface area (Å²) in [4.78, 5) is 11.2. The molecule has 1 aliphatic carbocycles. The largest absolute Gasteiger partial charge is 0.359 e. The van der Waals surface area contributed by atoms with Crippen molar-refractivity contribution >= 4 is 5.78 Å². The minimum Gasteiger partial charge on any atom is -0.359 e. The number of Topliss-reactive ketones (excluding diaryl/α,β-unsaturated/α-hetero) is 1. The zero-order valence-corrected chi connectivity index (χ0v) is 6.32. The Balaban J connectivity index is 2.57. The zero-order valence-electron chi connectivity index (χ0n) is 6.32. The first-order valence-electron chi connectivity index (χ1n) is 3.69. The maximum absolute atomic E-state index is 11.2. The van der Waals surface area contributed by atoms with E-state index in [1.54, 1.807) is 24.3 Å². The molecule has 0 heterocycles. The summed E-state index contributed by atoms with van der Waals surface area (Å²) in [5.74, 6) is -2.78. The highest BCUT2D eigenvalue weighted by Crippen LogP contribution is 2.27. The molecule has 3 nitrogen and oxygen atoms in total. The molecule has 0 unspecified atom stereocenters. The maximum Gasteiger partial charge on any atom is 0.232 e. The van der Waals surface area contributed by atoms with Gasteiger partial charge in [0.05, 0.1) is 0 Å². The van der Waals surface area contributed by atoms with Gasteiger partial charge in [0.15, 0.2) is 0 Å². The second-order valence-corrected chi connectivity index (χ2v) is 2.98. The van der Waals surface area contributed by atoms with Crippen molar-refractivity contribution in [2.75, 3.05) is 0 Å². The van der Waals surface area contributed by atoms with E-state index in [4.69, 9.17) is 0 Å². The van der Waals surface area contributed by atoms with Gasteiger partial charge in [-0.05, 0) is 5.56 Å². The van der Waals surface area contributed by atoms with Gasteiger partial charge in [0.2, 0.25) is 11.6 Å². The van der Waals surface area contributed by atoms with Crippen LogP contribution in [0, 0.1) is 0 Å². The molecule has 1 aromatic carbocycles. The quantitative estimate of drug-likeness (QED) is 0.535. The summed E-state index contributed by atoms with van der Waals surface area (Å²) in [5.41, 5.74) is 1.12. The van der Waals surface area contributed by atoms with Crippen molar-refractivity contribution in [1.29, 1.82) is 0 Å².